The molecule has 0 spiro atoms. The number of amides is 1. The highest BCUT2D eigenvalue weighted by atomic mass is 35.5. The van der Waals surface area contributed by atoms with Crippen molar-refractivity contribution < 1.29 is 14.6 Å². The van der Waals surface area contributed by atoms with Crippen LogP contribution in [0.1, 0.15) is 18.4 Å². The molecular formula is C16H18ClN5O3. The molecule has 0 aliphatic carbocycles. The van der Waals surface area contributed by atoms with Crippen molar-refractivity contribution >= 4 is 29.2 Å². The lowest BCUT2D eigenvalue weighted by molar-refractivity contribution is 0.0870. The van der Waals surface area contributed by atoms with Gasteiger partial charge in [-0.25, -0.2) is 19.7 Å². The van der Waals surface area contributed by atoms with Crippen LogP contribution in [0.2, 0.25) is 5.15 Å². The molecule has 1 aliphatic rings. The van der Waals surface area contributed by atoms with Crippen LogP contribution in [0.3, 0.4) is 0 Å². The zero-order valence-corrected chi connectivity index (χ0v) is 14.4. The lowest BCUT2D eigenvalue weighted by atomic mass is 10.1. The fraction of sp³-hybridized carbons (Fsp3) is 0.375. The Morgan fingerprint density at radius 2 is 2.08 bits per heavy atom. The first kappa shape index (κ1) is 17.2. The van der Waals surface area contributed by atoms with Gasteiger partial charge in [0.05, 0.1) is 11.9 Å². The van der Waals surface area contributed by atoms with E-state index in [0.29, 0.717) is 42.8 Å². The Bertz CT molecular complexity index is 765. The number of pyridine rings is 1. The van der Waals surface area contributed by atoms with Crippen LogP contribution in [0, 0.1) is 6.92 Å². The van der Waals surface area contributed by atoms with Gasteiger partial charge in [0.1, 0.15) is 23.4 Å². The van der Waals surface area contributed by atoms with Gasteiger partial charge in [0.2, 0.25) is 5.88 Å². The fourth-order valence-electron chi connectivity index (χ4n) is 2.58. The van der Waals surface area contributed by atoms with Crippen molar-refractivity contribution in [1.82, 2.24) is 19.9 Å². The third-order valence-electron chi connectivity index (χ3n) is 3.93. The van der Waals surface area contributed by atoms with Gasteiger partial charge >= 0.3 is 6.09 Å². The maximum Gasteiger partial charge on any atom is 0.407 e. The number of aryl methyl sites for hydroxylation is 1. The number of likely N-dealkylation sites (tertiary alicyclic amines) is 1. The largest absolute Gasteiger partial charge is 0.474 e. The predicted molar refractivity (Wildman–Crippen MR) is 92.5 cm³/mol. The Balaban J connectivity index is 1.62. The first-order valence-electron chi connectivity index (χ1n) is 7.87. The maximum atomic E-state index is 10.9. The third kappa shape index (κ3) is 4.48. The van der Waals surface area contributed by atoms with Crippen molar-refractivity contribution in [3.05, 3.63) is 35.4 Å². The van der Waals surface area contributed by atoms with Crippen LogP contribution in [0.15, 0.2) is 24.7 Å². The number of anilines is 2. The lowest BCUT2D eigenvalue weighted by Gasteiger charge is -2.29. The van der Waals surface area contributed by atoms with Gasteiger partial charge in [-0.2, -0.15) is 0 Å². The number of piperidine rings is 1. The smallest absolute Gasteiger partial charge is 0.407 e. The molecule has 0 atom stereocenters. The Hall–Kier alpha value is -2.61. The first-order chi connectivity index (χ1) is 12.0. The topological polar surface area (TPSA) is 100 Å². The molecule has 0 unspecified atom stereocenters. The number of hydrogen-bond donors (Lipinski definition) is 2. The van der Waals surface area contributed by atoms with Gasteiger partial charge in [0.15, 0.2) is 0 Å². The molecule has 1 aliphatic heterocycles. The van der Waals surface area contributed by atoms with E-state index in [0.717, 1.165) is 11.3 Å². The number of rotatable bonds is 4. The quantitative estimate of drug-likeness (QED) is 0.805. The van der Waals surface area contributed by atoms with E-state index in [4.69, 9.17) is 21.4 Å². The highest BCUT2D eigenvalue weighted by Crippen LogP contribution is 2.22. The molecule has 2 aromatic heterocycles. The van der Waals surface area contributed by atoms with Crippen molar-refractivity contribution in [3.63, 3.8) is 0 Å². The summed E-state index contributed by atoms with van der Waals surface area (Å²) in [7, 11) is 0. The first-order valence-corrected chi connectivity index (χ1v) is 8.25. The number of aromatic nitrogens is 3. The third-order valence-corrected chi connectivity index (χ3v) is 4.32. The molecule has 132 valence electrons. The second-order valence-electron chi connectivity index (χ2n) is 5.79. The van der Waals surface area contributed by atoms with Gasteiger partial charge in [0.25, 0.3) is 0 Å². The van der Waals surface area contributed by atoms with Crippen LogP contribution in [-0.4, -0.2) is 50.2 Å². The van der Waals surface area contributed by atoms with Gasteiger partial charge in [-0.15, -0.1) is 0 Å². The predicted octanol–water partition coefficient (Wildman–Crippen LogP) is 3.10. The van der Waals surface area contributed by atoms with E-state index in [1.54, 1.807) is 12.3 Å². The van der Waals surface area contributed by atoms with Crippen molar-refractivity contribution in [3.8, 4) is 5.88 Å². The summed E-state index contributed by atoms with van der Waals surface area (Å²) in [6, 6.07) is 3.58. The SMILES string of the molecule is Cc1cc(Nc2cc(OC3CCN(C(=O)O)CC3)ncn2)cnc1Cl. The zero-order valence-electron chi connectivity index (χ0n) is 13.6. The Morgan fingerprint density at radius 1 is 1.32 bits per heavy atom. The number of halogens is 1. The average Bonchev–Trinajstić information content (AvgIpc) is 2.59. The minimum atomic E-state index is -0.890. The highest BCUT2D eigenvalue weighted by Gasteiger charge is 2.23. The van der Waals surface area contributed by atoms with E-state index >= 15 is 0 Å². The second kappa shape index (κ2) is 7.52. The van der Waals surface area contributed by atoms with Crippen LogP contribution in [0.5, 0.6) is 5.88 Å². The van der Waals surface area contributed by atoms with Crippen molar-refractivity contribution in [2.75, 3.05) is 18.4 Å². The molecule has 0 bridgehead atoms. The number of carbonyl (C=O) groups is 1. The fourth-order valence-corrected chi connectivity index (χ4v) is 2.69. The monoisotopic (exact) mass is 363 g/mol. The summed E-state index contributed by atoms with van der Waals surface area (Å²) in [5, 5.41) is 12.6. The number of nitrogens with one attached hydrogen (secondary N) is 1. The van der Waals surface area contributed by atoms with Gasteiger partial charge < -0.3 is 20.1 Å². The summed E-state index contributed by atoms with van der Waals surface area (Å²) in [6.45, 7) is 2.80. The van der Waals surface area contributed by atoms with Gasteiger partial charge in [0, 0.05) is 32.0 Å². The molecule has 1 fully saturated rings. The van der Waals surface area contributed by atoms with Crippen molar-refractivity contribution in [2.45, 2.75) is 25.9 Å². The summed E-state index contributed by atoms with van der Waals surface area (Å²) in [6.07, 6.45) is 3.37. The molecule has 2 aromatic rings. The molecular weight excluding hydrogens is 346 g/mol. The summed E-state index contributed by atoms with van der Waals surface area (Å²) in [5.74, 6) is 1.03. The number of nitrogens with zero attached hydrogens (tertiary/aromatic N) is 4. The van der Waals surface area contributed by atoms with E-state index in [1.807, 2.05) is 13.0 Å². The zero-order chi connectivity index (χ0) is 17.8. The van der Waals surface area contributed by atoms with Crippen molar-refractivity contribution in [2.24, 2.45) is 0 Å². The van der Waals surface area contributed by atoms with E-state index in [2.05, 4.69) is 20.3 Å². The van der Waals surface area contributed by atoms with Gasteiger partial charge in [-0.1, -0.05) is 11.6 Å². The van der Waals surface area contributed by atoms with Crippen molar-refractivity contribution in [1.29, 1.82) is 0 Å². The van der Waals surface area contributed by atoms with E-state index in [1.165, 1.54) is 11.2 Å². The number of hydrogen-bond acceptors (Lipinski definition) is 6. The molecule has 1 amide bonds. The second-order valence-corrected chi connectivity index (χ2v) is 6.14. The molecule has 2 N–H and O–H groups in total. The molecule has 3 heterocycles. The Kier molecular flexibility index (Phi) is 5.18. The molecule has 9 heteroatoms. The minimum Gasteiger partial charge on any atom is -0.474 e. The molecule has 0 saturated carbocycles. The Labute approximate surface area is 149 Å². The van der Waals surface area contributed by atoms with Crippen LogP contribution in [-0.2, 0) is 0 Å². The summed E-state index contributed by atoms with van der Waals surface area (Å²) in [5.41, 5.74) is 1.63. The molecule has 0 radical (unpaired) electrons. The normalized spacial score (nSPS) is 15.0. The standard InChI is InChI=1S/C16H18ClN5O3/c1-10-6-11(8-18-15(10)17)21-13-7-14(20-9-19-13)25-12-2-4-22(5-3-12)16(23)24/h6-9,12H,2-5H2,1H3,(H,23,24)(H,19,20,21). The molecule has 8 nitrogen and oxygen atoms in total. The Morgan fingerprint density at radius 3 is 2.76 bits per heavy atom. The van der Waals surface area contributed by atoms with E-state index in [9.17, 15) is 4.79 Å². The highest BCUT2D eigenvalue weighted by molar-refractivity contribution is 6.30. The summed E-state index contributed by atoms with van der Waals surface area (Å²) >= 11 is 5.92. The molecule has 3 rings (SSSR count). The summed E-state index contributed by atoms with van der Waals surface area (Å²) < 4.78 is 5.86. The number of ether oxygens (including phenoxy) is 1. The molecule has 25 heavy (non-hydrogen) atoms. The average molecular weight is 364 g/mol. The van der Waals surface area contributed by atoms with Crippen LogP contribution in [0.25, 0.3) is 0 Å². The maximum absolute atomic E-state index is 10.9. The van der Waals surface area contributed by atoms with Gasteiger partial charge in [-0.05, 0) is 18.6 Å². The molecule has 0 aromatic carbocycles. The number of carboxylic acid groups (broad SMARTS) is 1. The van der Waals surface area contributed by atoms with Crippen LogP contribution in [0.4, 0.5) is 16.3 Å². The van der Waals surface area contributed by atoms with Crippen LogP contribution < -0.4 is 10.1 Å². The molecule has 1 saturated heterocycles. The minimum absolute atomic E-state index is 0.0576. The summed E-state index contributed by atoms with van der Waals surface area (Å²) in [4.78, 5) is 24.7. The van der Waals surface area contributed by atoms with E-state index in [-0.39, 0.29) is 6.10 Å². The van der Waals surface area contributed by atoms with Crippen LogP contribution >= 0.6 is 11.6 Å². The van der Waals surface area contributed by atoms with Gasteiger partial charge in [-0.3, -0.25) is 0 Å². The van der Waals surface area contributed by atoms with E-state index < -0.39 is 6.09 Å². The lowest BCUT2D eigenvalue weighted by Crippen LogP contribution is -2.41.